The number of benzene rings is 2. The summed E-state index contributed by atoms with van der Waals surface area (Å²) in [5, 5.41) is 0. The molecular weight excluding hydrogens is 960 g/mol. The third kappa shape index (κ3) is 37.7. The van der Waals surface area contributed by atoms with Crippen LogP contribution >= 0.6 is 7.82 Å². The number of unbranched alkanes of at least 4 members (excludes halogenated alkanes) is 20. The molecule has 0 spiro atoms. The van der Waals surface area contributed by atoms with Gasteiger partial charge in [-0.05, 0) is 24.0 Å². The molecule has 0 saturated heterocycles. The zero-order valence-corrected chi connectivity index (χ0v) is 44.9. The number of ether oxygens (including phenoxy) is 6. The second kappa shape index (κ2) is 42.7. The minimum Gasteiger partial charge on any atom is -0.462 e. The van der Waals surface area contributed by atoms with Crippen molar-refractivity contribution in [1.82, 2.24) is 0 Å². The molecule has 0 bridgehead atoms. The van der Waals surface area contributed by atoms with Crippen LogP contribution in [0.2, 0.25) is 0 Å². The number of rotatable bonds is 46. The molecule has 2 rings (SSSR count). The van der Waals surface area contributed by atoms with Crippen molar-refractivity contribution in [2.75, 3.05) is 26.4 Å². The van der Waals surface area contributed by atoms with Gasteiger partial charge in [0.2, 0.25) is 0 Å². The van der Waals surface area contributed by atoms with Crippen molar-refractivity contribution in [1.29, 1.82) is 0 Å². The molecule has 0 aliphatic carbocycles. The summed E-state index contributed by atoms with van der Waals surface area (Å²) in [6.45, 7) is 1.83. The Kier molecular flexibility index (Phi) is 37.7. The molecule has 0 aliphatic rings. The highest BCUT2D eigenvalue weighted by Gasteiger charge is 2.29. The Labute approximate surface area is 435 Å². The second-order valence-corrected chi connectivity index (χ2v) is 20.0. The monoisotopic (exact) mass is 1050 g/mol. The molecule has 0 heterocycles. The summed E-state index contributed by atoms with van der Waals surface area (Å²) in [5.74, 6) is -4.20. The maximum atomic E-state index is 13.2. The lowest BCUT2D eigenvalue weighted by molar-refractivity contribution is -0.163. The molecule has 2 unspecified atom stereocenters. The number of esters is 6. The van der Waals surface area contributed by atoms with Gasteiger partial charge < -0.3 is 33.3 Å². The Morgan fingerprint density at radius 1 is 0.384 bits per heavy atom. The zero-order chi connectivity index (χ0) is 53.0. The highest BCUT2D eigenvalue weighted by Crippen LogP contribution is 2.43. The number of phosphoric acid groups is 1. The average molecular weight is 1050 g/mol. The quantitative estimate of drug-likeness (QED) is 0.0282. The van der Waals surface area contributed by atoms with Crippen LogP contribution in [0.5, 0.6) is 0 Å². The van der Waals surface area contributed by atoms with Gasteiger partial charge in [0.05, 0.1) is 38.9 Å². The lowest BCUT2D eigenvalue weighted by Gasteiger charge is -2.22. The van der Waals surface area contributed by atoms with E-state index in [0.717, 1.165) is 56.1 Å². The summed E-state index contributed by atoms with van der Waals surface area (Å²) in [6, 6.07) is 17.9. The first-order chi connectivity index (χ1) is 35.4. The van der Waals surface area contributed by atoms with Gasteiger partial charge >= 0.3 is 43.6 Å². The molecule has 17 heteroatoms. The second-order valence-electron chi connectivity index (χ2n) is 18.5. The van der Waals surface area contributed by atoms with Crippen molar-refractivity contribution in [3.05, 3.63) is 71.8 Å². The first kappa shape index (κ1) is 64.5. The number of hydrogen-bond acceptors (Lipinski definition) is 15. The largest absolute Gasteiger partial charge is 0.472 e. The van der Waals surface area contributed by atoms with Crippen LogP contribution in [0.25, 0.3) is 0 Å². The van der Waals surface area contributed by atoms with E-state index >= 15 is 0 Å². The van der Waals surface area contributed by atoms with Crippen molar-refractivity contribution in [2.45, 2.75) is 219 Å². The number of carbonyl (C=O) groups is 6. The van der Waals surface area contributed by atoms with Crippen LogP contribution < -0.4 is 0 Å². The molecule has 1 N–H and O–H groups in total. The van der Waals surface area contributed by atoms with E-state index in [0.29, 0.717) is 12.8 Å². The molecule has 412 valence electrons. The maximum Gasteiger partial charge on any atom is 0.472 e. The van der Waals surface area contributed by atoms with E-state index in [1.165, 1.54) is 83.5 Å². The van der Waals surface area contributed by atoms with Gasteiger partial charge in [-0.2, -0.15) is 0 Å². The minimum absolute atomic E-state index is 0.00590. The standard InChI is InChI=1S/C56H87O16P/c1-3-5-7-9-11-13-15-17-19-21-29-35-51(57)67-43-49(71-55(61)36-30-22-20-18-16-14-12-10-8-6-4-2)45-69-73(63,64)70-46-50(72-56(62)40-39-53(59)66-42-48-33-27-24-28-34-48)44-68-54(60)38-37-52(58)65-41-47-31-25-23-26-32-47/h23-28,31-34,49-50H,3-22,29-30,35-46H2,1-2H3,(H,63,64)/t49-,50?/m1/s1. The first-order valence-corrected chi connectivity index (χ1v) is 28.6. The fourth-order valence-electron chi connectivity index (χ4n) is 7.53. The summed E-state index contributed by atoms with van der Waals surface area (Å²) in [5.41, 5.74) is 1.51. The lowest BCUT2D eigenvalue weighted by Crippen LogP contribution is -2.31. The van der Waals surface area contributed by atoms with Crippen LogP contribution in [0, 0.1) is 0 Å². The van der Waals surface area contributed by atoms with Gasteiger partial charge in [-0.15, -0.1) is 0 Å². The van der Waals surface area contributed by atoms with Crippen LogP contribution in [0.1, 0.15) is 205 Å². The molecule has 0 radical (unpaired) electrons. The Hall–Kier alpha value is -4.63. The van der Waals surface area contributed by atoms with Gasteiger partial charge in [-0.1, -0.05) is 203 Å². The maximum absolute atomic E-state index is 13.2. The van der Waals surface area contributed by atoms with Gasteiger partial charge in [-0.3, -0.25) is 37.8 Å². The van der Waals surface area contributed by atoms with Gasteiger partial charge in [-0.25, -0.2) is 4.57 Å². The van der Waals surface area contributed by atoms with Crippen LogP contribution in [0.3, 0.4) is 0 Å². The number of carbonyl (C=O) groups excluding carboxylic acids is 6. The summed E-state index contributed by atoms with van der Waals surface area (Å²) in [6.07, 6.45) is 20.5. The van der Waals surface area contributed by atoms with Gasteiger partial charge in [0.1, 0.15) is 26.4 Å². The van der Waals surface area contributed by atoms with Gasteiger partial charge in [0.25, 0.3) is 0 Å². The molecule has 0 fully saturated rings. The molecule has 2 aromatic rings. The van der Waals surface area contributed by atoms with E-state index in [1.807, 2.05) is 12.1 Å². The van der Waals surface area contributed by atoms with Crippen LogP contribution in [-0.4, -0.2) is 79.3 Å². The van der Waals surface area contributed by atoms with Gasteiger partial charge in [0.15, 0.2) is 12.2 Å². The molecular formula is C56H87O16P. The van der Waals surface area contributed by atoms with E-state index in [9.17, 15) is 38.2 Å². The summed E-state index contributed by atoms with van der Waals surface area (Å²) < 4.78 is 55.7. The van der Waals surface area contributed by atoms with E-state index in [2.05, 4.69) is 13.8 Å². The Morgan fingerprint density at radius 3 is 1.04 bits per heavy atom. The van der Waals surface area contributed by atoms with E-state index in [-0.39, 0.29) is 45.3 Å². The van der Waals surface area contributed by atoms with Crippen LogP contribution in [-0.2, 0) is 84.0 Å². The fraction of sp³-hybridized carbons (Fsp3) is 0.679. The zero-order valence-electron chi connectivity index (χ0n) is 44.0. The molecule has 0 amide bonds. The van der Waals surface area contributed by atoms with E-state index in [4.69, 9.17) is 37.5 Å². The third-order valence-corrected chi connectivity index (χ3v) is 12.8. The Balaban J connectivity index is 1.96. The average Bonchev–Trinajstić information content (AvgIpc) is 3.39. The molecule has 0 saturated carbocycles. The topological polar surface area (TPSA) is 214 Å². The molecule has 16 nitrogen and oxygen atoms in total. The van der Waals surface area contributed by atoms with Crippen LogP contribution in [0.15, 0.2) is 60.7 Å². The molecule has 3 atom stereocenters. The molecule has 2 aromatic carbocycles. The van der Waals surface area contributed by atoms with E-state index < -0.39 is 88.7 Å². The summed E-state index contributed by atoms with van der Waals surface area (Å²) in [7, 11) is -5.00. The van der Waals surface area contributed by atoms with Crippen LogP contribution in [0.4, 0.5) is 0 Å². The SMILES string of the molecule is CCCCCCCCCCCCCC(=O)OC[C@H](COP(=O)(O)OCC(COC(=O)CCC(=O)OCc1ccccc1)OC(=O)CCC(=O)OCc1ccccc1)OC(=O)CCCCCCCCCCCCC. The Bertz CT molecular complexity index is 1830. The minimum atomic E-state index is -5.00. The predicted molar refractivity (Wildman–Crippen MR) is 277 cm³/mol. The summed E-state index contributed by atoms with van der Waals surface area (Å²) >= 11 is 0. The fourth-order valence-corrected chi connectivity index (χ4v) is 8.31. The molecule has 0 aliphatic heterocycles. The Morgan fingerprint density at radius 2 is 0.671 bits per heavy atom. The van der Waals surface area contributed by atoms with E-state index in [1.54, 1.807) is 48.5 Å². The summed E-state index contributed by atoms with van der Waals surface area (Å²) in [4.78, 5) is 86.6. The number of hydrogen-bond donors (Lipinski definition) is 1. The third-order valence-electron chi connectivity index (χ3n) is 11.8. The molecule has 73 heavy (non-hydrogen) atoms. The normalized spacial score (nSPS) is 12.8. The highest BCUT2D eigenvalue weighted by atomic mass is 31.2. The number of phosphoric ester groups is 1. The predicted octanol–water partition coefficient (Wildman–Crippen LogP) is 12.5. The van der Waals surface area contributed by atoms with Crippen molar-refractivity contribution in [2.24, 2.45) is 0 Å². The first-order valence-electron chi connectivity index (χ1n) is 27.1. The smallest absolute Gasteiger partial charge is 0.462 e. The van der Waals surface area contributed by atoms with Crippen molar-refractivity contribution in [3.8, 4) is 0 Å². The highest BCUT2D eigenvalue weighted by molar-refractivity contribution is 7.47. The van der Waals surface area contributed by atoms with Crippen molar-refractivity contribution >= 4 is 43.6 Å². The van der Waals surface area contributed by atoms with Gasteiger partial charge in [0, 0.05) is 12.8 Å². The van der Waals surface area contributed by atoms with Crippen molar-refractivity contribution in [3.63, 3.8) is 0 Å². The lowest BCUT2D eigenvalue weighted by atomic mass is 10.1. The molecule has 0 aromatic heterocycles. The van der Waals surface area contributed by atoms with Crippen molar-refractivity contribution < 1.29 is 75.7 Å².